The van der Waals surface area contributed by atoms with E-state index in [2.05, 4.69) is 12.2 Å². The molecular weight excluding hydrogens is 141 g/mol. The highest BCUT2D eigenvalue weighted by atomic mass is 19.1. The zero-order valence-corrected chi connectivity index (χ0v) is 6.34. The molecule has 11 heavy (non-hydrogen) atoms. The van der Waals surface area contributed by atoms with Crippen LogP contribution in [0.4, 0.5) is 4.39 Å². The van der Waals surface area contributed by atoms with E-state index in [9.17, 15) is 4.39 Å². The van der Waals surface area contributed by atoms with Crippen molar-refractivity contribution in [2.75, 3.05) is 0 Å². The van der Waals surface area contributed by atoms with E-state index in [0.29, 0.717) is 12.1 Å². The van der Waals surface area contributed by atoms with Crippen molar-refractivity contribution in [3.05, 3.63) is 35.6 Å². The smallest absolute Gasteiger partial charge is 0.123 e. The van der Waals surface area contributed by atoms with Crippen LogP contribution in [0.5, 0.6) is 0 Å². The lowest BCUT2D eigenvalue weighted by Crippen LogP contribution is -1.83. The van der Waals surface area contributed by atoms with Gasteiger partial charge in [0.2, 0.25) is 0 Å². The Hall–Kier alpha value is -0.890. The molecule has 0 radical (unpaired) electrons. The lowest BCUT2D eigenvalue weighted by Gasteiger charge is -1.94. The number of hydrogen-bond donors (Lipinski definition) is 1. The maximum Gasteiger partial charge on any atom is 0.123 e. The second kappa shape index (κ2) is 2.31. The van der Waals surface area contributed by atoms with Gasteiger partial charge in [0, 0.05) is 12.1 Å². The molecule has 1 N–H and O–H groups in total. The fraction of sp³-hybridized carbons (Fsp3) is 0.333. The first-order chi connectivity index (χ1) is 5.27. The summed E-state index contributed by atoms with van der Waals surface area (Å²) in [4.78, 5) is 0. The average molecular weight is 151 g/mol. The molecule has 0 unspecified atom stereocenters. The molecule has 2 rings (SSSR count). The largest absolute Gasteiger partial charge is 0.304 e. The Morgan fingerprint density at radius 1 is 1.27 bits per heavy atom. The van der Waals surface area contributed by atoms with Gasteiger partial charge >= 0.3 is 0 Å². The summed E-state index contributed by atoms with van der Waals surface area (Å²) < 4.78 is 12.4. The summed E-state index contributed by atoms with van der Waals surface area (Å²) in [6.07, 6.45) is 0. The molecule has 0 aliphatic carbocycles. The van der Waals surface area contributed by atoms with Crippen molar-refractivity contribution in [1.82, 2.24) is 5.32 Å². The molecule has 58 valence electrons. The van der Waals surface area contributed by atoms with E-state index in [4.69, 9.17) is 0 Å². The van der Waals surface area contributed by atoms with Gasteiger partial charge in [-0.1, -0.05) is 12.1 Å². The number of halogens is 1. The van der Waals surface area contributed by atoms with E-state index >= 15 is 0 Å². The van der Waals surface area contributed by atoms with E-state index in [1.54, 1.807) is 0 Å². The van der Waals surface area contributed by atoms with Crippen LogP contribution in [0.1, 0.15) is 18.5 Å². The SMILES string of the molecule is C[C@H]1N[C@@H]1c1ccc(F)cc1. The molecular formula is C9H10FN. The lowest BCUT2D eigenvalue weighted by molar-refractivity contribution is 0.627. The molecule has 1 fully saturated rings. The number of benzene rings is 1. The summed E-state index contributed by atoms with van der Waals surface area (Å²) in [7, 11) is 0. The van der Waals surface area contributed by atoms with Gasteiger partial charge in [0.25, 0.3) is 0 Å². The molecule has 0 amide bonds. The van der Waals surface area contributed by atoms with Crippen LogP contribution in [0, 0.1) is 5.82 Å². The highest BCUT2D eigenvalue weighted by molar-refractivity contribution is 5.25. The van der Waals surface area contributed by atoms with Gasteiger partial charge in [-0.15, -0.1) is 0 Å². The van der Waals surface area contributed by atoms with Gasteiger partial charge in [-0.2, -0.15) is 0 Å². The summed E-state index contributed by atoms with van der Waals surface area (Å²) in [6.45, 7) is 2.12. The summed E-state index contributed by atoms with van der Waals surface area (Å²) in [5.41, 5.74) is 1.18. The molecule has 1 nitrogen and oxygen atoms in total. The second-order valence-corrected chi connectivity index (χ2v) is 2.98. The zero-order valence-electron chi connectivity index (χ0n) is 6.34. The third-order valence-electron chi connectivity index (χ3n) is 2.06. The maximum absolute atomic E-state index is 12.4. The van der Waals surface area contributed by atoms with Crippen molar-refractivity contribution in [2.24, 2.45) is 0 Å². The Morgan fingerprint density at radius 2 is 1.82 bits per heavy atom. The number of rotatable bonds is 1. The molecule has 1 aromatic rings. The molecule has 1 aromatic carbocycles. The van der Waals surface area contributed by atoms with E-state index in [1.807, 2.05) is 12.1 Å². The number of nitrogens with one attached hydrogen (secondary N) is 1. The average Bonchev–Trinajstić information content (AvgIpc) is 2.69. The molecule has 1 aliphatic rings. The standard InChI is InChI=1S/C9H10FN/c1-6-9(11-6)7-2-4-8(10)5-3-7/h2-6,9,11H,1H3/t6-,9+/m1/s1. The Morgan fingerprint density at radius 3 is 2.27 bits per heavy atom. The van der Waals surface area contributed by atoms with Crippen molar-refractivity contribution in [3.8, 4) is 0 Å². The van der Waals surface area contributed by atoms with Crippen molar-refractivity contribution >= 4 is 0 Å². The van der Waals surface area contributed by atoms with E-state index in [0.717, 1.165) is 0 Å². The van der Waals surface area contributed by atoms with Crippen molar-refractivity contribution < 1.29 is 4.39 Å². The first-order valence-corrected chi connectivity index (χ1v) is 3.79. The Bertz CT molecular complexity index is 255. The fourth-order valence-electron chi connectivity index (χ4n) is 1.28. The van der Waals surface area contributed by atoms with Gasteiger partial charge in [-0.25, -0.2) is 4.39 Å². The molecule has 0 saturated carbocycles. The topological polar surface area (TPSA) is 21.9 Å². The van der Waals surface area contributed by atoms with Crippen LogP contribution in [0.15, 0.2) is 24.3 Å². The van der Waals surface area contributed by atoms with Crippen LogP contribution in [0.2, 0.25) is 0 Å². The Balaban J connectivity index is 2.21. The van der Waals surface area contributed by atoms with Gasteiger partial charge in [-0.05, 0) is 24.6 Å². The highest BCUT2D eigenvalue weighted by Crippen LogP contribution is 2.28. The quantitative estimate of drug-likeness (QED) is 0.608. The van der Waals surface area contributed by atoms with Crippen molar-refractivity contribution in [2.45, 2.75) is 19.0 Å². The minimum Gasteiger partial charge on any atom is -0.304 e. The van der Waals surface area contributed by atoms with Crippen LogP contribution in [-0.2, 0) is 0 Å². The molecule has 1 aliphatic heterocycles. The molecule has 0 bridgehead atoms. The van der Waals surface area contributed by atoms with E-state index in [-0.39, 0.29) is 5.82 Å². The van der Waals surface area contributed by atoms with Gasteiger partial charge in [0.05, 0.1) is 0 Å². The molecule has 1 saturated heterocycles. The Kier molecular flexibility index (Phi) is 1.43. The van der Waals surface area contributed by atoms with Crippen LogP contribution in [-0.4, -0.2) is 6.04 Å². The van der Waals surface area contributed by atoms with Crippen LogP contribution < -0.4 is 5.32 Å². The third kappa shape index (κ3) is 1.26. The monoisotopic (exact) mass is 151 g/mol. The van der Waals surface area contributed by atoms with Crippen molar-refractivity contribution in [1.29, 1.82) is 0 Å². The first kappa shape index (κ1) is 6.80. The summed E-state index contributed by atoms with van der Waals surface area (Å²) >= 11 is 0. The minimum absolute atomic E-state index is 0.165. The van der Waals surface area contributed by atoms with Gasteiger partial charge in [-0.3, -0.25) is 0 Å². The summed E-state index contributed by atoms with van der Waals surface area (Å²) in [5.74, 6) is -0.165. The third-order valence-corrected chi connectivity index (χ3v) is 2.06. The minimum atomic E-state index is -0.165. The summed E-state index contributed by atoms with van der Waals surface area (Å²) in [6, 6.07) is 7.67. The first-order valence-electron chi connectivity index (χ1n) is 3.79. The Labute approximate surface area is 65.2 Å². The molecule has 2 heteroatoms. The van der Waals surface area contributed by atoms with Crippen molar-refractivity contribution in [3.63, 3.8) is 0 Å². The maximum atomic E-state index is 12.4. The lowest BCUT2D eigenvalue weighted by atomic mass is 10.1. The van der Waals surface area contributed by atoms with E-state index in [1.165, 1.54) is 17.7 Å². The predicted molar refractivity (Wildman–Crippen MR) is 41.7 cm³/mol. The van der Waals surface area contributed by atoms with Crippen LogP contribution in [0.25, 0.3) is 0 Å². The van der Waals surface area contributed by atoms with Crippen LogP contribution >= 0.6 is 0 Å². The summed E-state index contributed by atoms with van der Waals surface area (Å²) in [5, 5.41) is 3.24. The van der Waals surface area contributed by atoms with Crippen LogP contribution in [0.3, 0.4) is 0 Å². The highest BCUT2D eigenvalue weighted by Gasteiger charge is 2.32. The molecule has 0 spiro atoms. The molecule has 2 atom stereocenters. The molecule has 0 aromatic heterocycles. The fourth-order valence-corrected chi connectivity index (χ4v) is 1.28. The van der Waals surface area contributed by atoms with Gasteiger partial charge in [0.1, 0.15) is 5.82 Å². The van der Waals surface area contributed by atoms with E-state index < -0.39 is 0 Å². The zero-order chi connectivity index (χ0) is 7.84. The van der Waals surface area contributed by atoms with Gasteiger partial charge in [0.15, 0.2) is 0 Å². The number of hydrogen-bond acceptors (Lipinski definition) is 1. The predicted octanol–water partition coefficient (Wildman–Crippen LogP) is 1.86. The second-order valence-electron chi connectivity index (χ2n) is 2.98. The molecule has 1 heterocycles. The van der Waals surface area contributed by atoms with Gasteiger partial charge < -0.3 is 5.32 Å². The normalized spacial score (nSPS) is 28.5.